The van der Waals surface area contributed by atoms with Crippen LogP contribution in [-0.4, -0.2) is 42.5 Å². The summed E-state index contributed by atoms with van der Waals surface area (Å²) in [7, 11) is 0. The fourth-order valence-electron chi connectivity index (χ4n) is 6.18. The number of allylic oxidation sites excluding steroid dienone is 2. The standard InChI is InChI=1S/C24H29NO5/c1-4-9-25-20(26)10-13(2)14-5-6-18-23(3)8-7-15-16(12-29-22(15)28)17(23)11-19-24(18,30-19)21(14)27/h5-6,13,17,19H,4,7-12H2,1-3H3,(H,25,26)/t13?,17-,19-,23-,24+/m0/s1. The highest BCUT2D eigenvalue weighted by molar-refractivity contribution is 6.09. The van der Waals surface area contributed by atoms with Gasteiger partial charge in [0.1, 0.15) is 12.7 Å². The molecular formula is C24H29NO5. The molecule has 5 rings (SSSR count). The minimum absolute atomic E-state index is 0.0214. The van der Waals surface area contributed by atoms with Crippen molar-refractivity contribution < 1.29 is 23.9 Å². The lowest BCUT2D eigenvalue weighted by Gasteiger charge is -2.48. The van der Waals surface area contributed by atoms with Crippen molar-refractivity contribution in [1.82, 2.24) is 5.32 Å². The van der Waals surface area contributed by atoms with Gasteiger partial charge in [0.25, 0.3) is 0 Å². The Balaban J connectivity index is 1.45. The van der Waals surface area contributed by atoms with Crippen LogP contribution in [0.5, 0.6) is 0 Å². The van der Waals surface area contributed by atoms with Gasteiger partial charge in [-0.05, 0) is 54.1 Å². The minimum Gasteiger partial charge on any atom is -0.458 e. The summed E-state index contributed by atoms with van der Waals surface area (Å²) in [5.74, 6) is -0.143. The molecular weight excluding hydrogens is 382 g/mol. The van der Waals surface area contributed by atoms with Crippen molar-refractivity contribution in [3.63, 3.8) is 0 Å². The van der Waals surface area contributed by atoms with E-state index in [1.54, 1.807) is 0 Å². The fraction of sp³-hybridized carbons (Fsp3) is 0.625. The molecule has 5 atom stereocenters. The number of nitrogens with one attached hydrogen (secondary N) is 1. The third kappa shape index (κ3) is 2.55. The summed E-state index contributed by atoms with van der Waals surface area (Å²) < 4.78 is 11.5. The van der Waals surface area contributed by atoms with Crippen LogP contribution in [0.15, 0.2) is 34.4 Å². The number of hydrogen-bond donors (Lipinski definition) is 1. The minimum atomic E-state index is -0.856. The SMILES string of the molecule is CCCNC(=O)CC(C)C1=CC=C2[C@]3(O[C@H]3C[C@H]3C4=C(CC[C@]23C)C(=O)OC4)C1=O. The molecule has 1 spiro atoms. The number of cyclic esters (lactones) is 1. The Morgan fingerprint density at radius 1 is 1.33 bits per heavy atom. The fourth-order valence-corrected chi connectivity index (χ4v) is 6.18. The zero-order valence-corrected chi connectivity index (χ0v) is 17.9. The second-order valence-electron chi connectivity index (χ2n) is 9.61. The Bertz CT molecular complexity index is 943. The maximum absolute atomic E-state index is 13.6. The Morgan fingerprint density at radius 3 is 2.90 bits per heavy atom. The van der Waals surface area contributed by atoms with E-state index >= 15 is 0 Å². The van der Waals surface area contributed by atoms with Crippen molar-refractivity contribution in [2.45, 2.75) is 64.6 Å². The molecule has 0 radical (unpaired) electrons. The van der Waals surface area contributed by atoms with Gasteiger partial charge in [0, 0.05) is 24.1 Å². The van der Waals surface area contributed by atoms with Crippen molar-refractivity contribution in [3.8, 4) is 0 Å². The van der Waals surface area contributed by atoms with Crippen molar-refractivity contribution >= 4 is 17.7 Å². The van der Waals surface area contributed by atoms with E-state index < -0.39 is 5.60 Å². The number of ether oxygens (including phenoxy) is 2. The van der Waals surface area contributed by atoms with Gasteiger partial charge >= 0.3 is 5.97 Å². The summed E-state index contributed by atoms with van der Waals surface area (Å²) >= 11 is 0. The molecule has 2 aliphatic heterocycles. The van der Waals surface area contributed by atoms with E-state index in [0.29, 0.717) is 31.6 Å². The van der Waals surface area contributed by atoms with E-state index in [2.05, 4.69) is 18.3 Å². The molecule has 30 heavy (non-hydrogen) atoms. The average molecular weight is 411 g/mol. The van der Waals surface area contributed by atoms with Crippen molar-refractivity contribution in [2.75, 3.05) is 13.2 Å². The van der Waals surface area contributed by atoms with E-state index in [1.165, 1.54) is 0 Å². The summed E-state index contributed by atoms with van der Waals surface area (Å²) in [4.78, 5) is 37.8. The number of epoxide rings is 1. The van der Waals surface area contributed by atoms with Crippen LogP contribution >= 0.6 is 0 Å². The lowest BCUT2D eigenvalue weighted by atomic mass is 9.52. The predicted molar refractivity (Wildman–Crippen MR) is 109 cm³/mol. The molecule has 0 aromatic heterocycles. The van der Waals surface area contributed by atoms with Gasteiger partial charge in [0.05, 0.1) is 0 Å². The van der Waals surface area contributed by atoms with Gasteiger partial charge in [0.2, 0.25) is 5.91 Å². The van der Waals surface area contributed by atoms with Gasteiger partial charge in [-0.2, -0.15) is 0 Å². The van der Waals surface area contributed by atoms with Crippen LogP contribution in [0.25, 0.3) is 0 Å². The number of fused-ring (bicyclic) bond motifs is 3. The van der Waals surface area contributed by atoms with E-state index in [1.807, 2.05) is 19.9 Å². The number of esters is 1. The number of ketones is 1. The van der Waals surface area contributed by atoms with Gasteiger partial charge in [0.15, 0.2) is 11.4 Å². The second kappa shape index (κ2) is 6.64. The molecule has 1 unspecified atom stereocenters. The summed E-state index contributed by atoms with van der Waals surface area (Å²) in [6.07, 6.45) is 7.28. The van der Waals surface area contributed by atoms with Crippen LogP contribution < -0.4 is 5.32 Å². The first kappa shape index (κ1) is 19.7. The van der Waals surface area contributed by atoms with Gasteiger partial charge in [-0.25, -0.2) is 4.79 Å². The Hall–Kier alpha value is -2.21. The Kier molecular flexibility index (Phi) is 4.37. The first-order valence-electron chi connectivity index (χ1n) is 11.1. The smallest absolute Gasteiger partial charge is 0.334 e. The van der Waals surface area contributed by atoms with Crippen LogP contribution in [0.4, 0.5) is 0 Å². The van der Waals surface area contributed by atoms with E-state index in [9.17, 15) is 14.4 Å². The molecule has 3 aliphatic carbocycles. The van der Waals surface area contributed by atoms with Crippen LogP contribution in [0.2, 0.25) is 0 Å². The maximum Gasteiger partial charge on any atom is 0.334 e. The predicted octanol–water partition coefficient (Wildman–Crippen LogP) is 2.79. The highest BCUT2D eigenvalue weighted by Gasteiger charge is 2.73. The van der Waals surface area contributed by atoms with E-state index in [4.69, 9.17) is 9.47 Å². The molecule has 6 nitrogen and oxygen atoms in total. The molecule has 0 bridgehead atoms. The topological polar surface area (TPSA) is 85.0 Å². The summed E-state index contributed by atoms with van der Waals surface area (Å²) in [5.41, 5.74) is 2.63. The number of carbonyl (C=O) groups excluding carboxylic acids is 3. The molecule has 2 heterocycles. The number of hydrogen-bond acceptors (Lipinski definition) is 5. The summed E-state index contributed by atoms with van der Waals surface area (Å²) in [6, 6.07) is 0. The van der Waals surface area contributed by atoms with Crippen LogP contribution in [-0.2, 0) is 23.9 Å². The molecule has 1 saturated carbocycles. The lowest BCUT2D eigenvalue weighted by Crippen LogP contribution is -2.50. The van der Waals surface area contributed by atoms with Gasteiger partial charge < -0.3 is 14.8 Å². The van der Waals surface area contributed by atoms with Crippen molar-refractivity contribution in [3.05, 3.63) is 34.4 Å². The van der Waals surface area contributed by atoms with E-state index in [0.717, 1.165) is 36.0 Å². The summed E-state index contributed by atoms with van der Waals surface area (Å²) in [5, 5.41) is 2.89. The van der Waals surface area contributed by atoms with E-state index in [-0.39, 0.29) is 41.0 Å². The van der Waals surface area contributed by atoms with Crippen LogP contribution in [0.1, 0.15) is 52.9 Å². The van der Waals surface area contributed by atoms with Gasteiger partial charge in [-0.15, -0.1) is 0 Å². The third-order valence-corrected chi connectivity index (χ3v) is 7.89. The molecule has 2 fully saturated rings. The number of amides is 1. The average Bonchev–Trinajstić information content (AvgIpc) is 3.31. The molecule has 160 valence electrons. The molecule has 1 N–H and O–H groups in total. The lowest BCUT2D eigenvalue weighted by molar-refractivity contribution is -0.136. The highest BCUT2D eigenvalue weighted by Crippen LogP contribution is 2.67. The number of carbonyl (C=O) groups is 3. The maximum atomic E-state index is 13.6. The molecule has 1 saturated heterocycles. The number of rotatable bonds is 5. The molecule has 1 amide bonds. The van der Waals surface area contributed by atoms with Crippen molar-refractivity contribution in [2.24, 2.45) is 17.3 Å². The van der Waals surface area contributed by atoms with Crippen LogP contribution in [0, 0.1) is 17.3 Å². The van der Waals surface area contributed by atoms with Gasteiger partial charge in [-0.3, -0.25) is 9.59 Å². The third-order valence-electron chi connectivity index (χ3n) is 7.89. The monoisotopic (exact) mass is 411 g/mol. The Morgan fingerprint density at radius 2 is 2.13 bits per heavy atom. The molecule has 5 aliphatic rings. The molecule has 0 aromatic rings. The van der Waals surface area contributed by atoms with Crippen LogP contribution in [0.3, 0.4) is 0 Å². The largest absolute Gasteiger partial charge is 0.458 e. The molecule has 6 heteroatoms. The van der Waals surface area contributed by atoms with Crippen molar-refractivity contribution in [1.29, 1.82) is 0 Å². The summed E-state index contributed by atoms with van der Waals surface area (Å²) in [6.45, 7) is 7.20. The first-order chi connectivity index (χ1) is 14.3. The zero-order chi connectivity index (χ0) is 21.3. The number of Topliss-reactive ketones (excluding diaryl/α,β-unsaturated/α-hetero) is 1. The zero-order valence-electron chi connectivity index (χ0n) is 17.9. The first-order valence-corrected chi connectivity index (χ1v) is 11.1. The Labute approximate surface area is 176 Å². The highest BCUT2D eigenvalue weighted by atomic mass is 16.6. The quantitative estimate of drug-likeness (QED) is 0.555. The molecule has 0 aromatic carbocycles. The van der Waals surface area contributed by atoms with Gasteiger partial charge in [-0.1, -0.05) is 32.9 Å². The normalized spacial score (nSPS) is 37.2. The second-order valence-corrected chi connectivity index (χ2v) is 9.61.